The summed E-state index contributed by atoms with van der Waals surface area (Å²) in [6.45, 7) is 4.10. The average molecular weight is 444 g/mol. The second-order valence-electron chi connectivity index (χ2n) is 7.22. The Kier molecular flexibility index (Phi) is 6.23. The third kappa shape index (κ3) is 4.57. The number of nitrogens with one attached hydrogen (secondary N) is 1. The van der Waals surface area contributed by atoms with Gasteiger partial charge in [0.25, 0.3) is 5.91 Å². The Balaban J connectivity index is 1.63. The van der Waals surface area contributed by atoms with Crippen molar-refractivity contribution in [2.75, 3.05) is 18.8 Å². The van der Waals surface area contributed by atoms with Crippen LogP contribution in [0.5, 0.6) is 0 Å². The van der Waals surface area contributed by atoms with E-state index in [9.17, 15) is 4.79 Å². The van der Waals surface area contributed by atoms with Gasteiger partial charge in [-0.25, -0.2) is 10.1 Å². The number of hydrogen-bond acceptors (Lipinski definition) is 9. The zero-order chi connectivity index (χ0) is 21.8. The van der Waals surface area contributed by atoms with Crippen molar-refractivity contribution in [3.63, 3.8) is 0 Å². The maximum atomic E-state index is 13.1. The Morgan fingerprint density at radius 1 is 1.26 bits per heavy atom. The lowest BCUT2D eigenvalue weighted by molar-refractivity contribution is 0.0944. The van der Waals surface area contributed by atoms with Crippen LogP contribution in [0.2, 0.25) is 5.02 Å². The van der Waals surface area contributed by atoms with Crippen LogP contribution in [0, 0.1) is 0 Å². The predicted octanol–water partition coefficient (Wildman–Crippen LogP) is 2.03. The van der Waals surface area contributed by atoms with E-state index < -0.39 is 5.91 Å². The highest BCUT2D eigenvalue weighted by atomic mass is 35.5. The molecule has 0 aliphatic carbocycles. The first kappa shape index (κ1) is 20.9. The molecule has 0 radical (unpaired) electrons. The topological polar surface area (TPSA) is 140 Å². The summed E-state index contributed by atoms with van der Waals surface area (Å²) in [6.07, 6.45) is 3.42. The van der Waals surface area contributed by atoms with E-state index in [4.69, 9.17) is 17.3 Å². The number of nitrogens with zero attached hydrogens (tertiary/aromatic N) is 7. The Hall–Kier alpha value is -3.31. The zero-order valence-corrected chi connectivity index (χ0v) is 17.7. The van der Waals surface area contributed by atoms with E-state index in [1.54, 1.807) is 13.0 Å². The van der Waals surface area contributed by atoms with Crippen molar-refractivity contribution in [1.29, 1.82) is 0 Å². The van der Waals surface area contributed by atoms with Crippen LogP contribution in [0.1, 0.15) is 47.9 Å². The molecule has 162 valence electrons. The Morgan fingerprint density at radius 3 is 2.74 bits per heavy atom. The molecule has 0 atom stereocenters. The van der Waals surface area contributed by atoms with E-state index in [-0.39, 0.29) is 17.3 Å². The zero-order valence-electron chi connectivity index (χ0n) is 17.0. The van der Waals surface area contributed by atoms with Crippen LogP contribution in [0.25, 0.3) is 5.82 Å². The number of hydrazone groups is 1. The Bertz CT molecular complexity index is 1100. The molecule has 0 saturated carbocycles. The lowest BCUT2D eigenvalue weighted by Gasteiger charge is -2.25. The van der Waals surface area contributed by atoms with Crippen molar-refractivity contribution in [2.45, 2.75) is 32.7 Å². The lowest BCUT2D eigenvalue weighted by Crippen LogP contribution is -2.31. The number of carbonyl (C=O) groups is 1. The second-order valence-corrected chi connectivity index (χ2v) is 7.63. The van der Waals surface area contributed by atoms with Crippen molar-refractivity contribution in [3.05, 3.63) is 46.2 Å². The van der Waals surface area contributed by atoms with Gasteiger partial charge in [0.05, 0.1) is 5.71 Å². The van der Waals surface area contributed by atoms with Crippen molar-refractivity contribution in [1.82, 2.24) is 35.6 Å². The summed E-state index contributed by atoms with van der Waals surface area (Å²) < 4.78 is 5.89. The number of hydrogen-bond donors (Lipinski definition) is 2. The van der Waals surface area contributed by atoms with Crippen LogP contribution >= 0.6 is 11.6 Å². The SMILES string of the molecule is C/C(=N\NC(=O)c1c(CN2CCCCC2)nnn1-c1nonc1N)c1ccccc1Cl. The first-order valence-electron chi connectivity index (χ1n) is 9.89. The first-order valence-corrected chi connectivity index (χ1v) is 10.3. The van der Waals surface area contributed by atoms with Gasteiger partial charge in [-0.15, -0.1) is 5.10 Å². The number of piperidine rings is 1. The van der Waals surface area contributed by atoms with E-state index in [2.05, 4.69) is 40.7 Å². The molecule has 11 nitrogen and oxygen atoms in total. The number of carbonyl (C=O) groups excluding carboxylic acids is 1. The van der Waals surface area contributed by atoms with E-state index in [1.807, 2.05) is 18.2 Å². The van der Waals surface area contributed by atoms with Crippen molar-refractivity contribution < 1.29 is 9.42 Å². The molecule has 1 fully saturated rings. The average Bonchev–Trinajstić information content (AvgIpc) is 3.38. The van der Waals surface area contributed by atoms with Crippen LogP contribution in [0.4, 0.5) is 5.82 Å². The third-order valence-corrected chi connectivity index (χ3v) is 5.39. The summed E-state index contributed by atoms with van der Waals surface area (Å²) in [7, 11) is 0. The van der Waals surface area contributed by atoms with E-state index >= 15 is 0 Å². The predicted molar refractivity (Wildman–Crippen MR) is 114 cm³/mol. The van der Waals surface area contributed by atoms with E-state index in [1.165, 1.54) is 11.1 Å². The molecule has 12 heteroatoms. The standard InChI is InChI=1S/C19H22ClN9O2/c1-12(13-7-3-4-8-14(13)20)22-24-19(30)16-15(11-28-9-5-2-6-10-28)23-27-29(16)18-17(21)25-31-26-18/h3-4,7-8H,2,5-6,9-11H2,1H3,(H2,21,25)(H,24,30)/b22-12+. The fourth-order valence-corrected chi connectivity index (χ4v) is 3.74. The van der Waals surface area contributed by atoms with Gasteiger partial charge in [-0.2, -0.15) is 9.78 Å². The maximum Gasteiger partial charge on any atom is 0.292 e. The molecule has 3 heterocycles. The van der Waals surface area contributed by atoms with Crippen LogP contribution in [0.3, 0.4) is 0 Å². The molecule has 1 aliphatic heterocycles. The summed E-state index contributed by atoms with van der Waals surface area (Å²) in [5.74, 6) is -0.417. The van der Waals surface area contributed by atoms with Crippen molar-refractivity contribution in [2.24, 2.45) is 5.10 Å². The monoisotopic (exact) mass is 443 g/mol. The molecule has 31 heavy (non-hydrogen) atoms. The summed E-state index contributed by atoms with van der Waals surface area (Å²) >= 11 is 6.22. The normalized spacial score (nSPS) is 15.2. The largest absolute Gasteiger partial charge is 0.378 e. The maximum absolute atomic E-state index is 13.1. The molecule has 1 amide bonds. The molecule has 3 aromatic rings. The van der Waals surface area contributed by atoms with Gasteiger partial charge in [-0.3, -0.25) is 9.69 Å². The molecule has 2 aromatic heterocycles. The molecule has 4 rings (SSSR count). The summed E-state index contributed by atoms with van der Waals surface area (Å²) in [4.78, 5) is 15.4. The molecule has 1 aliphatic rings. The van der Waals surface area contributed by atoms with Crippen molar-refractivity contribution >= 4 is 29.0 Å². The highest BCUT2D eigenvalue weighted by molar-refractivity contribution is 6.34. The van der Waals surface area contributed by atoms with Crippen LogP contribution in [-0.4, -0.2) is 54.9 Å². The molecular weight excluding hydrogens is 422 g/mol. The highest BCUT2D eigenvalue weighted by Gasteiger charge is 2.26. The minimum atomic E-state index is -0.509. The first-order chi connectivity index (χ1) is 15.0. The minimum Gasteiger partial charge on any atom is -0.378 e. The van der Waals surface area contributed by atoms with Gasteiger partial charge < -0.3 is 5.73 Å². The Labute approximate surface area is 183 Å². The van der Waals surface area contributed by atoms with E-state index in [0.717, 1.165) is 31.5 Å². The fraction of sp³-hybridized carbons (Fsp3) is 0.368. The van der Waals surface area contributed by atoms with Gasteiger partial charge in [0.15, 0.2) is 5.69 Å². The highest BCUT2D eigenvalue weighted by Crippen LogP contribution is 2.19. The van der Waals surface area contributed by atoms with Gasteiger partial charge in [0.1, 0.15) is 5.69 Å². The van der Waals surface area contributed by atoms with Crippen molar-refractivity contribution in [3.8, 4) is 5.82 Å². The van der Waals surface area contributed by atoms with Gasteiger partial charge in [0, 0.05) is 17.1 Å². The number of anilines is 1. The molecule has 3 N–H and O–H groups in total. The molecule has 0 unspecified atom stereocenters. The Morgan fingerprint density at radius 2 is 2.03 bits per heavy atom. The number of amides is 1. The quantitative estimate of drug-likeness (QED) is 0.435. The summed E-state index contributed by atoms with van der Waals surface area (Å²) in [5, 5.41) is 20.3. The number of nitrogens with two attached hydrogens (primary N) is 1. The van der Waals surface area contributed by atoms with Gasteiger partial charge in [-0.05, 0) is 49.2 Å². The number of likely N-dealkylation sites (tertiary alicyclic amines) is 1. The van der Waals surface area contributed by atoms with Crippen LogP contribution < -0.4 is 11.2 Å². The van der Waals surface area contributed by atoms with Crippen LogP contribution in [-0.2, 0) is 6.54 Å². The second kappa shape index (κ2) is 9.23. The van der Waals surface area contributed by atoms with Gasteiger partial charge in [0.2, 0.25) is 11.6 Å². The van der Waals surface area contributed by atoms with Crippen LogP contribution in [0.15, 0.2) is 34.0 Å². The molecular formula is C19H22ClN9O2. The third-order valence-electron chi connectivity index (χ3n) is 5.06. The smallest absolute Gasteiger partial charge is 0.292 e. The molecule has 0 bridgehead atoms. The lowest BCUT2D eigenvalue weighted by atomic mass is 10.1. The minimum absolute atomic E-state index is 0.000721. The summed E-state index contributed by atoms with van der Waals surface area (Å²) in [6, 6.07) is 7.25. The van der Waals surface area contributed by atoms with E-state index in [0.29, 0.717) is 23.0 Å². The molecule has 0 spiro atoms. The fourth-order valence-electron chi connectivity index (χ4n) is 3.46. The number of halogens is 1. The number of rotatable bonds is 6. The number of benzene rings is 1. The number of aromatic nitrogens is 5. The van der Waals surface area contributed by atoms with Gasteiger partial charge >= 0.3 is 0 Å². The number of nitrogen functional groups attached to an aromatic ring is 1. The molecule has 1 aromatic carbocycles. The molecule has 1 saturated heterocycles. The van der Waals surface area contributed by atoms with Gasteiger partial charge in [-0.1, -0.05) is 41.4 Å². The summed E-state index contributed by atoms with van der Waals surface area (Å²) in [5.41, 5.74) is 10.3.